The van der Waals surface area contributed by atoms with Crippen LogP contribution in [0.4, 0.5) is 5.69 Å². The summed E-state index contributed by atoms with van der Waals surface area (Å²) in [6, 6.07) is 9.02. The van der Waals surface area contributed by atoms with E-state index in [1.807, 2.05) is 0 Å². The van der Waals surface area contributed by atoms with E-state index in [0.717, 1.165) is 12.0 Å². The van der Waals surface area contributed by atoms with Gasteiger partial charge in [0.2, 0.25) is 0 Å². The lowest BCUT2D eigenvalue weighted by Crippen LogP contribution is -2.49. The molecule has 1 aromatic carbocycles. The summed E-state index contributed by atoms with van der Waals surface area (Å²) >= 11 is 0. The van der Waals surface area contributed by atoms with Crippen LogP contribution in [0.5, 0.6) is 0 Å². The number of nitrogens with zero attached hydrogens (tertiary/aromatic N) is 3. The first-order valence-corrected chi connectivity index (χ1v) is 10.7. The summed E-state index contributed by atoms with van der Waals surface area (Å²) in [5.41, 5.74) is 4.79. The molecule has 0 spiro atoms. The minimum Gasteiger partial charge on any atom is -0.369 e. The third-order valence-electron chi connectivity index (χ3n) is 7.51. The zero-order chi connectivity index (χ0) is 16.8. The zero-order valence-electron chi connectivity index (χ0n) is 15.8. The predicted molar refractivity (Wildman–Crippen MR) is 104 cm³/mol. The maximum atomic E-state index is 2.77. The third-order valence-corrected chi connectivity index (χ3v) is 7.51. The number of piperazine rings is 1. The molecular weight excluding hydrogens is 306 g/mol. The molecule has 2 unspecified atom stereocenters. The maximum Gasteiger partial charge on any atom is 0.0370 e. The molecule has 0 amide bonds. The molecule has 0 aromatic heterocycles. The third kappa shape index (κ3) is 2.80. The maximum absolute atomic E-state index is 2.77. The van der Waals surface area contributed by atoms with Crippen LogP contribution in [0.15, 0.2) is 18.2 Å². The molecule has 0 N–H and O–H groups in total. The van der Waals surface area contributed by atoms with Crippen LogP contribution >= 0.6 is 0 Å². The summed E-state index contributed by atoms with van der Waals surface area (Å²) in [5, 5.41) is 0. The Morgan fingerprint density at radius 2 is 1.72 bits per heavy atom. The summed E-state index contributed by atoms with van der Waals surface area (Å²) < 4.78 is 0. The molecule has 3 fully saturated rings. The topological polar surface area (TPSA) is 9.72 Å². The summed E-state index contributed by atoms with van der Waals surface area (Å²) in [4.78, 5) is 8.11. The molecule has 3 nitrogen and oxygen atoms in total. The van der Waals surface area contributed by atoms with E-state index in [1.165, 1.54) is 83.5 Å². The molecule has 0 radical (unpaired) electrons. The number of hydrogen-bond acceptors (Lipinski definition) is 3. The van der Waals surface area contributed by atoms with Crippen LogP contribution < -0.4 is 4.90 Å². The van der Waals surface area contributed by atoms with Gasteiger partial charge in [-0.3, -0.25) is 9.80 Å². The van der Waals surface area contributed by atoms with Gasteiger partial charge in [-0.25, -0.2) is 0 Å². The molecule has 2 atom stereocenters. The van der Waals surface area contributed by atoms with Gasteiger partial charge in [-0.05, 0) is 68.0 Å². The second-order valence-electron chi connectivity index (χ2n) is 8.64. The number of fused-ring (bicyclic) bond motifs is 5. The van der Waals surface area contributed by atoms with Crippen molar-refractivity contribution in [1.29, 1.82) is 0 Å². The normalized spacial score (nSPS) is 30.8. The van der Waals surface area contributed by atoms with Gasteiger partial charge in [0.05, 0.1) is 0 Å². The van der Waals surface area contributed by atoms with Crippen LogP contribution in [0.25, 0.3) is 0 Å². The molecule has 3 heteroatoms. The number of likely N-dealkylation sites (tertiary alicyclic amines) is 1. The Balaban J connectivity index is 1.31. The van der Waals surface area contributed by atoms with Gasteiger partial charge in [0.15, 0.2) is 0 Å². The molecule has 2 aliphatic heterocycles. The standard InChI is InChI=1S/C22H33N3/c1-2-23-10-9-17-15-22(23)21-16-19(7-8-20(17)21)25-13-11-24(12-14-25)18-5-3-4-6-18/h7-8,16-18,22H,2-6,9-15H2,1H3. The van der Waals surface area contributed by atoms with E-state index in [1.54, 1.807) is 11.1 Å². The zero-order valence-corrected chi connectivity index (χ0v) is 15.8. The quantitative estimate of drug-likeness (QED) is 0.824. The highest BCUT2D eigenvalue weighted by atomic mass is 15.3. The summed E-state index contributed by atoms with van der Waals surface area (Å²) in [7, 11) is 0. The number of piperidine rings is 1. The molecule has 5 rings (SSSR count). The minimum absolute atomic E-state index is 0.693. The van der Waals surface area contributed by atoms with E-state index in [0.29, 0.717) is 6.04 Å². The van der Waals surface area contributed by atoms with Crippen molar-refractivity contribution >= 4 is 5.69 Å². The van der Waals surface area contributed by atoms with Crippen LogP contribution in [-0.4, -0.2) is 55.1 Å². The van der Waals surface area contributed by atoms with Crippen LogP contribution in [0, 0.1) is 0 Å². The van der Waals surface area contributed by atoms with Crippen molar-refractivity contribution in [1.82, 2.24) is 9.80 Å². The van der Waals surface area contributed by atoms with Crippen molar-refractivity contribution < 1.29 is 0 Å². The first-order chi connectivity index (χ1) is 12.3. The Labute approximate surface area is 153 Å². The van der Waals surface area contributed by atoms with E-state index < -0.39 is 0 Å². The number of rotatable bonds is 3. The summed E-state index contributed by atoms with van der Waals surface area (Å²) in [5.74, 6) is 0.830. The Hall–Kier alpha value is -1.06. The highest BCUT2D eigenvalue weighted by Crippen LogP contribution is 2.49. The number of anilines is 1. The Morgan fingerprint density at radius 1 is 0.920 bits per heavy atom. The van der Waals surface area contributed by atoms with Gasteiger partial charge in [0, 0.05) is 44.0 Å². The van der Waals surface area contributed by atoms with E-state index in [9.17, 15) is 0 Å². The van der Waals surface area contributed by atoms with E-state index >= 15 is 0 Å². The van der Waals surface area contributed by atoms with Crippen LogP contribution in [0.3, 0.4) is 0 Å². The molecular formula is C22H33N3. The Morgan fingerprint density at radius 3 is 2.48 bits per heavy atom. The molecule has 2 heterocycles. The molecule has 2 aliphatic carbocycles. The lowest BCUT2D eigenvalue weighted by Gasteiger charge is -2.39. The van der Waals surface area contributed by atoms with Crippen molar-refractivity contribution in [3.05, 3.63) is 29.3 Å². The fraction of sp³-hybridized carbons (Fsp3) is 0.727. The fourth-order valence-electron chi connectivity index (χ4n) is 6.03. The predicted octanol–water partition coefficient (Wildman–Crippen LogP) is 4.01. The first-order valence-electron chi connectivity index (χ1n) is 10.7. The highest BCUT2D eigenvalue weighted by Gasteiger charge is 2.38. The highest BCUT2D eigenvalue weighted by molar-refractivity contribution is 5.55. The van der Waals surface area contributed by atoms with Gasteiger partial charge in [0.1, 0.15) is 0 Å². The van der Waals surface area contributed by atoms with E-state index in [-0.39, 0.29) is 0 Å². The van der Waals surface area contributed by atoms with Gasteiger partial charge in [-0.2, -0.15) is 0 Å². The fourth-order valence-corrected chi connectivity index (χ4v) is 6.03. The second kappa shape index (κ2) is 6.59. The molecule has 136 valence electrons. The van der Waals surface area contributed by atoms with Gasteiger partial charge < -0.3 is 4.90 Å². The van der Waals surface area contributed by atoms with Gasteiger partial charge in [-0.15, -0.1) is 0 Å². The average molecular weight is 340 g/mol. The molecule has 25 heavy (non-hydrogen) atoms. The largest absolute Gasteiger partial charge is 0.369 e. The molecule has 2 bridgehead atoms. The molecule has 1 saturated carbocycles. The molecule has 4 aliphatic rings. The lowest BCUT2D eigenvalue weighted by atomic mass is 9.95. The number of benzene rings is 1. The van der Waals surface area contributed by atoms with Crippen molar-refractivity contribution in [2.24, 2.45) is 0 Å². The van der Waals surface area contributed by atoms with Gasteiger partial charge in [-0.1, -0.05) is 25.8 Å². The SMILES string of the molecule is CCN1CCC2CC1c1cc(N3CCN(C4CCCC4)CC3)ccc12. The summed E-state index contributed by atoms with van der Waals surface area (Å²) in [6.45, 7) is 9.74. The Kier molecular flexibility index (Phi) is 4.25. The van der Waals surface area contributed by atoms with Crippen molar-refractivity contribution in [3.63, 3.8) is 0 Å². The second-order valence-corrected chi connectivity index (χ2v) is 8.64. The average Bonchev–Trinajstić information content (AvgIpc) is 3.30. The molecule has 1 aromatic rings. The molecule has 2 saturated heterocycles. The smallest absolute Gasteiger partial charge is 0.0370 e. The first kappa shape index (κ1) is 16.1. The monoisotopic (exact) mass is 339 g/mol. The van der Waals surface area contributed by atoms with Gasteiger partial charge in [0.25, 0.3) is 0 Å². The van der Waals surface area contributed by atoms with Crippen LogP contribution in [-0.2, 0) is 0 Å². The van der Waals surface area contributed by atoms with Crippen molar-refractivity contribution in [2.45, 2.75) is 63.5 Å². The van der Waals surface area contributed by atoms with Crippen molar-refractivity contribution in [3.8, 4) is 0 Å². The van der Waals surface area contributed by atoms with E-state index in [2.05, 4.69) is 39.8 Å². The summed E-state index contributed by atoms with van der Waals surface area (Å²) in [6.07, 6.45) is 8.50. The number of hydrogen-bond donors (Lipinski definition) is 0. The van der Waals surface area contributed by atoms with Crippen molar-refractivity contribution in [2.75, 3.05) is 44.2 Å². The Bertz CT molecular complexity index is 614. The van der Waals surface area contributed by atoms with Crippen LogP contribution in [0.1, 0.15) is 68.5 Å². The van der Waals surface area contributed by atoms with E-state index in [4.69, 9.17) is 0 Å². The minimum atomic E-state index is 0.693. The lowest BCUT2D eigenvalue weighted by molar-refractivity contribution is 0.161. The van der Waals surface area contributed by atoms with Gasteiger partial charge >= 0.3 is 0 Å². The van der Waals surface area contributed by atoms with Crippen LogP contribution in [0.2, 0.25) is 0 Å².